The average molecular weight is 223 g/mol. The van der Waals surface area contributed by atoms with Gasteiger partial charge in [0.25, 0.3) is 0 Å². The molecule has 0 N–H and O–H groups in total. The quantitative estimate of drug-likeness (QED) is 0.294. The second kappa shape index (κ2) is 12.8. The first-order chi connectivity index (χ1) is 7.85. The third-order valence-corrected chi connectivity index (χ3v) is 3.09. The Morgan fingerprint density at radius 3 is 2.19 bits per heavy atom. The summed E-state index contributed by atoms with van der Waals surface area (Å²) in [6.45, 7) is 8.48. The van der Waals surface area contributed by atoms with Crippen LogP contribution in [0.2, 0.25) is 0 Å². The van der Waals surface area contributed by atoms with Gasteiger partial charge < -0.3 is 0 Å². The maximum absolute atomic E-state index is 3.94. The molecule has 0 atom stereocenters. The lowest BCUT2D eigenvalue weighted by Crippen LogP contribution is -1.87. The second-order valence-corrected chi connectivity index (χ2v) is 4.77. The van der Waals surface area contributed by atoms with Gasteiger partial charge in [-0.2, -0.15) is 0 Å². The van der Waals surface area contributed by atoms with E-state index in [-0.39, 0.29) is 0 Å². The fourth-order valence-corrected chi connectivity index (χ4v) is 1.97. The van der Waals surface area contributed by atoms with Gasteiger partial charge in [0, 0.05) is 0 Å². The van der Waals surface area contributed by atoms with Crippen molar-refractivity contribution in [3.05, 3.63) is 18.6 Å². The Balaban J connectivity index is 3.75. The van der Waals surface area contributed by atoms with E-state index in [0.717, 1.165) is 6.42 Å². The van der Waals surface area contributed by atoms with Gasteiger partial charge in [-0.25, -0.2) is 0 Å². The van der Waals surface area contributed by atoms with Crippen molar-refractivity contribution in [3.63, 3.8) is 0 Å². The van der Waals surface area contributed by atoms with Gasteiger partial charge in [-0.1, -0.05) is 70.9 Å². The van der Waals surface area contributed by atoms with E-state index in [1.54, 1.807) is 5.57 Å². The van der Waals surface area contributed by atoms with Crippen LogP contribution in [-0.2, 0) is 0 Å². The first kappa shape index (κ1) is 15.7. The lowest BCUT2D eigenvalue weighted by atomic mass is 10.00. The molecule has 0 aromatic heterocycles. The number of hydrogen-bond donors (Lipinski definition) is 0. The largest absolute Gasteiger partial charge is 0.0853 e. The van der Waals surface area contributed by atoms with Crippen LogP contribution in [0.3, 0.4) is 0 Å². The van der Waals surface area contributed by atoms with Crippen LogP contribution in [0.1, 0.15) is 84.5 Å². The van der Waals surface area contributed by atoms with Crippen LogP contribution in [0.25, 0.3) is 0 Å². The zero-order valence-corrected chi connectivity index (χ0v) is 11.6. The molecule has 1 radical (unpaired) electrons. The predicted molar refractivity (Wildman–Crippen MR) is 75.6 cm³/mol. The smallest absolute Gasteiger partial charge is 0.0320 e. The highest BCUT2D eigenvalue weighted by Gasteiger charge is 1.97. The molecule has 0 spiro atoms. The Morgan fingerprint density at radius 2 is 1.56 bits per heavy atom. The van der Waals surface area contributed by atoms with E-state index in [1.165, 1.54) is 64.2 Å². The molecule has 0 bridgehead atoms. The highest BCUT2D eigenvalue weighted by molar-refractivity contribution is 5.01. The van der Waals surface area contributed by atoms with Crippen LogP contribution >= 0.6 is 0 Å². The summed E-state index contributed by atoms with van der Waals surface area (Å²) in [4.78, 5) is 0. The maximum atomic E-state index is 3.94. The average Bonchev–Trinajstić information content (AvgIpc) is 2.31. The molecule has 0 aromatic carbocycles. The summed E-state index contributed by atoms with van der Waals surface area (Å²) in [5, 5.41) is 0. The fourth-order valence-electron chi connectivity index (χ4n) is 1.97. The van der Waals surface area contributed by atoms with E-state index in [2.05, 4.69) is 26.8 Å². The van der Waals surface area contributed by atoms with Gasteiger partial charge in [-0.05, 0) is 32.1 Å². The van der Waals surface area contributed by atoms with E-state index >= 15 is 0 Å². The van der Waals surface area contributed by atoms with E-state index in [4.69, 9.17) is 0 Å². The fraction of sp³-hybridized carbons (Fsp3) is 0.812. The van der Waals surface area contributed by atoms with Crippen LogP contribution in [-0.4, -0.2) is 0 Å². The molecule has 0 aromatic rings. The zero-order chi connectivity index (χ0) is 12.1. The van der Waals surface area contributed by atoms with Crippen molar-refractivity contribution in [2.75, 3.05) is 0 Å². The number of allylic oxidation sites excluding steroid dienone is 2. The molecular formula is C16H31. The van der Waals surface area contributed by atoms with Gasteiger partial charge in [0.05, 0.1) is 0 Å². The van der Waals surface area contributed by atoms with Crippen LogP contribution in [0.5, 0.6) is 0 Å². The second-order valence-electron chi connectivity index (χ2n) is 4.77. The van der Waals surface area contributed by atoms with E-state index < -0.39 is 0 Å². The summed E-state index contributed by atoms with van der Waals surface area (Å²) < 4.78 is 0. The van der Waals surface area contributed by atoms with E-state index in [1.807, 2.05) is 0 Å². The topological polar surface area (TPSA) is 0 Å². The Morgan fingerprint density at radius 1 is 0.875 bits per heavy atom. The van der Waals surface area contributed by atoms with Gasteiger partial charge >= 0.3 is 0 Å². The van der Waals surface area contributed by atoms with Gasteiger partial charge in [-0.3, -0.25) is 0 Å². The minimum Gasteiger partial charge on any atom is -0.0853 e. The minimum atomic E-state index is 1.08. The SMILES string of the molecule is [CH2]CCCC(=CCCCC)CCCCCC. The third-order valence-electron chi connectivity index (χ3n) is 3.09. The Kier molecular flexibility index (Phi) is 12.6. The highest BCUT2D eigenvalue weighted by Crippen LogP contribution is 2.17. The first-order valence-corrected chi connectivity index (χ1v) is 7.32. The lowest BCUT2D eigenvalue weighted by molar-refractivity contribution is 0.645. The van der Waals surface area contributed by atoms with Crippen LogP contribution in [0, 0.1) is 6.92 Å². The molecule has 0 rings (SSSR count). The van der Waals surface area contributed by atoms with Crippen LogP contribution in [0.4, 0.5) is 0 Å². The van der Waals surface area contributed by atoms with Gasteiger partial charge in [-0.15, -0.1) is 0 Å². The highest BCUT2D eigenvalue weighted by atomic mass is 14.0. The van der Waals surface area contributed by atoms with Gasteiger partial charge in [0.15, 0.2) is 0 Å². The number of rotatable bonds is 11. The van der Waals surface area contributed by atoms with Crippen molar-refractivity contribution in [2.24, 2.45) is 0 Å². The van der Waals surface area contributed by atoms with E-state index in [0.29, 0.717) is 0 Å². The maximum Gasteiger partial charge on any atom is -0.0320 e. The molecule has 0 aliphatic heterocycles. The lowest BCUT2D eigenvalue weighted by Gasteiger charge is -2.07. The molecule has 0 aliphatic rings. The van der Waals surface area contributed by atoms with Crippen molar-refractivity contribution in [3.8, 4) is 0 Å². The molecule has 0 aliphatic carbocycles. The van der Waals surface area contributed by atoms with Crippen LogP contribution < -0.4 is 0 Å². The molecule has 0 fully saturated rings. The monoisotopic (exact) mass is 223 g/mol. The van der Waals surface area contributed by atoms with Crippen molar-refractivity contribution < 1.29 is 0 Å². The number of hydrogen-bond acceptors (Lipinski definition) is 0. The third kappa shape index (κ3) is 10.3. The summed E-state index contributed by atoms with van der Waals surface area (Å²) in [6.07, 6.45) is 17.0. The Labute approximate surface area is 104 Å². The summed E-state index contributed by atoms with van der Waals surface area (Å²) >= 11 is 0. The van der Waals surface area contributed by atoms with Crippen LogP contribution in [0.15, 0.2) is 11.6 Å². The summed E-state index contributed by atoms with van der Waals surface area (Å²) in [6, 6.07) is 0. The Bertz CT molecular complexity index is 155. The molecule has 0 heterocycles. The molecule has 0 heteroatoms. The van der Waals surface area contributed by atoms with Gasteiger partial charge in [0.1, 0.15) is 0 Å². The standard InChI is InChI=1S/C16H31/c1-4-7-10-12-15-16(13-9-6-3)14-11-8-5-2/h14H,3-13,15H2,1-2H3. The normalized spacial score (nSPS) is 12.1. The molecule has 16 heavy (non-hydrogen) atoms. The van der Waals surface area contributed by atoms with Crippen molar-refractivity contribution in [1.29, 1.82) is 0 Å². The predicted octanol–water partition coefficient (Wildman–Crippen LogP) is 6.08. The minimum absolute atomic E-state index is 1.08. The molecule has 0 saturated heterocycles. The van der Waals surface area contributed by atoms with Gasteiger partial charge in [0.2, 0.25) is 0 Å². The molecular weight excluding hydrogens is 192 g/mol. The summed E-state index contributed by atoms with van der Waals surface area (Å²) in [5.41, 5.74) is 1.70. The first-order valence-electron chi connectivity index (χ1n) is 7.32. The van der Waals surface area contributed by atoms with Crippen molar-refractivity contribution >= 4 is 0 Å². The Hall–Kier alpha value is -0.260. The van der Waals surface area contributed by atoms with E-state index in [9.17, 15) is 0 Å². The van der Waals surface area contributed by atoms with Crippen molar-refractivity contribution in [1.82, 2.24) is 0 Å². The summed E-state index contributed by atoms with van der Waals surface area (Å²) in [7, 11) is 0. The molecule has 95 valence electrons. The molecule has 0 nitrogen and oxygen atoms in total. The molecule has 0 amide bonds. The van der Waals surface area contributed by atoms with Crippen molar-refractivity contribution in [2.45, 2.75) is 84.5 Å². The summed E-state index contributed by atoms with van der Waals surface area (Å²) in [5.74, 6) is 0. The molecule has 0 saturated carbocycles. The zero-order valence-electron chi connectivity index (χ0n) is 11.6. The molecule has 0 unspecified atom stereocenters. The number of unbranched alkanes of at least 4 members (excludes halogenated alkanes) is 6.